The van der Waals surface area contributed by atoms with E-state index in [4.69, 9.17) is 16.5 Å². The molecule has 0 radical (unpaired) electrons. The smallest absolute Gasteiger partial charge is 0.240 e. The van der Waals surface area contributed by atoms with Crippen LogP contribution in [0, 0.1) is 0 Å². The quantitative estimate of drug-likeness (QED) is 0.239. The van der Waals surface area contributed by atoms with E-state index in [0.29, 0.717) is 66.9 Å². The fraction of sp³-hybridized carbons (Fsp3) is 0.370. The van der Waals surface area contributed by atoms with Gasteiger partial charge in [-0.05, 0) is 36.6 Å². The standard InChI is InChI=1S/C27H30BrF2N9O/c28-8-6-23(40)37-19-4-2-17(3-5-19)20-10-18(13-39-16-36-24-25(31)34-15-35-26(24)39)21(12-33-20)38-9-1-7-27(32,14-38)11-22(29)30/h2-5,10,12,15-16,22H,1,6-9,11,13-14,32H2,(H,37,40)(H2,31,34,35). The fourth-order valence-electron chi connectivity index (χ4n) is 5.13. The van der Waals surface area contributed by atoms with E-state index in [1.54, 1.807) is 12.5 Å². The summed E-state index contributed by atoms with van der Waals surface area (Å²) in [7, 11) is 0. The lowest BCUT2D eigenvalue weighted by molar-refractivity contribution is -0.115. The molecule has 3 aromatic heterocycles. The van der Waals surface area contributed by atoms with Crippen molar-refractivity contribution in [1.82, 2.24) is 24.5 Å². The first-order valence-electron chi connectivity index (χ1n) is 12.9. The number of anilines is 3. The number of benzene rings is 1. The van der Waals surface area contributed by atoms with Crippen LogP contribution in [0.5, 0.6) is 0 Å². The molecule has 5 rings (SSSR count). The number of fused-ring (bicyclic) bond motifs is 1. The number of hydrogen-bond donors (Lipinski definition) is 3. The van der Waals surface area contributed by atoms with E-state index in [0.717, 1.165) is 22.5 Å². The Morgan fingerprint density at radius 2 is 1.98 bits per heavy atom. The van der Waals surface area contributed by atoms with E-state index in [-0.39, 0.29) is 12.3 Å². The van der Waals surface area contributed by atoms with Crippen molar-refractivity contribution in [2.24, 2.45) is 5.73 Å². The first kappa shape index (κ1) is 27.8. The van der Waals surface area contributed by atoms with Crippen molar-refractivity contribution in [2.75, 3.05) is 34.4 Å². The number of piperidine rings is 1. The zero-order valence-electron chi connectivity index (χ0n) is 21.7. The molecule has 1 amide bonds. The molecule has 1 atom stereocenters. The third-order valence-electron chi connectivity index (χ3n) is 7.03. The number of aromatic nitrogens is 5. The van der Waals surface area contributed by atoms with Gasteiger partial charge in [-0.25, -0.2) is 23.7 Å². The maximum Gasteiger partial charge on any atom is 0.240 e. The van der Waals surface area contributed by atoms with Gasteiger partial charge < -0.3 is 26.3 Å². The third kappa shape index (κ3) is 6.20. The van der Waals surface area contributed by atoms with E-state index in [2.05, 4.69) is 36.2 Å². The minimum atomic E-state index is -2.47. The molecule has 40 heavy (non-hydrogen) atoms. The topological polar surface area (TPSA) is 141 Å². The number of imidazole rings is 1. The van der Waals surface area contributed by atoms with Crippen molar-refractivity contribution in [3.05, 3.63) is 54.7 Å². The van der Waals surface area contributed by atoms with Crippen LogP contribution in [0.3, 0.4) is 0 Å². The molecule has 0 saturated carbocycles. The van der Waals surface area contributed by atoms with E-state index < -0.39 is 12.0 Å². The molecule has 0 bridgehead atoms. The summed E-state index contributed by atoms with van der Waals surface area (Å²) in [5, 5.41) is 3.45. The van der Waals surface area contributed by atoms with Gasteiger partial charge in [-0.2, -0.15) is 0 Å². The molecule has 13 heteroatoms. The van der Waals surface area contributed by atoms with Gasteiger partial charge in [0.15, 0.2) is 11.5 Å². The van der Waals surface area contributed by atoms with Gasteiger partial charge in [-0.15, -0.1) is 0 Å². The maximum absolute atomic E-state index is 13.3. The molecule has 10 nitrogen and oxygen atoms in total. The van der Waals surface area contributed by atoms with Gasteiger partial charge in [0, 0.05) is 48.1 Å². The van der Waals surface area contributed by atoms with Crippen LogP contribution in [0.25, 0.3) is 22.4 Å². The monoisotopic (exact) mass is 613 g/mol. The molecule has 4 aromatic rings. The van der Waals surface area contributed by atoms with Crippen LogP contribution in [0.1, 0.15) is 31.2 Å². The lowest BCUT2D eigenvalue weighted by Gasteiger charge is -2.42. The zero-order valence-corrected chi connectivity index (χ0v) is 23.3. The third-order valence-corrected chi connectivity index (χ3v) is 7.43. The number of nitrogens with zero attached hydrogens (tertiary/aromatic N) is 6. The number of rotatable bonds is 9. The summed E-state index contributed by atoms with van der Waals surface area (Å²) < 4.78 is 28.5. The van der Waals surface area contributed by atoms with E-state index in [9.17, 15) is 13.6 Å². The first-order chi connectivity index (χ1) is 19.2. The van der Waals surface area contributed by atoms with Gasteiger partial charge in [-0.1, -0.05) is 28.1 Å². The summed E-state index contributed by atoms with van der Waals surface area (Å²) in [6, 6.07) is 9.42. The molecular weight excluding hydrogens is 584 g/mol. The van der Waals surface area contributed by atoms with Crippen molar-refractivity contribution in [1.29, 1.82) is 0 Å². The molecule has 1 fully saturated rings. The summed E-state index contributed by atoms with van der Waals surface area (Å²) in [6.45, 7) is 1.37. The van der Waals surface area contributed by atoms with E-state index >= 15 is 0 Å². The van der Waals surface area contributed by atoms with E-state index in [1.165, 1.54) is 6.33 Å². The summed E-state index contributed by atoms with van der Waals surface area (Å²) in [4.78, 5) is 31.5. The van der Waals surface area contributed by atoms with Crippen LogP contribution >= 0.6 is 15.9 Å². The Bertz CT molecular complexity index is 1500. The number of nitrogens with one attached hydrogen (secondary N) is 1. The molecule has 1 saturated heterocycles. The Morgan fingerprint density at radius 1 is 1.18 bits per heavy atom. The van der Waals surface area contributed by atoms with Gasteiger partial charge in [0.25, 0.3) is 0 Å². The van der Waals surface area contributed by atoms with Crippen LogP contribution in [0.4, 0.5) is 26.0 Å². The Morgan fingerprint density at radius 3 is 2.73 bits per heavy atom. The number of nitrogens with two attached hydrogens (primary N) is 2. The number of amides is 1. The molecule has 5 N–H and O–H groups in total. The SMILES string of the molecule is Nc1ncnc2c1ncn2Cc1cc(-c2ccc(NC(=O)CCBr)cc2)ncc1N1CCCC(N)(CC(F)F)C1. The van der Waals surface area contributed by atoms with Crippen molar-refractivity contribution >= 4 is 50.2 Å². The van der Waals surface area contributed by atoms with Crippen LogP contribution in [0.2, 0.25) is 0 Å². The largest absolute Gasteiger partial charge is 0.382 e. The summed E-state index contributed by atoms with van der Waals surface area (Å²) in [5.41, 5.74) is 16.5. The normalized spacial score (nSPS) is 17.5. The Kier molecular flexibility index (Phi) is 8.22. The van der Waals surface area contributed by atoms with Crippen LogP contribution in [-0.2, 0) is 11.3 Å². The van der Waals surface area contributed by atoms with Gasteiger partial charge in [0.2, 0.25) is 12.3 Å². The zero-order chi connectivity index (χ0) is 28.3. The van der Waals surface area contributed by atoms with E-state index in [1.807, 2.05) is 39.8 Å². The molecule has 1 aromatic carbocycles. The average molecular weight is 614 g/mol. The number of nitrogen functional groups attached to an aromatic ring is 1. The second-order valence-electron chi connectivity index (χ2n) is 10.0. The number of pyridine rings is 1. The lowest BCUT2D eigenvalue weighted by atomic mass is 9.86. The average Bonchev–Trinajstić information content (AvgIpc) is 3.32. The predicted molar refractivity (Wildman–Crippen MR) is 155 cm³/mol. The number of hydrogen-bond acceptors (Lipinski definition) is 8. The van der Waals surface area contributed by atoms with Crippen molar-refractivity contribution < 1.29 is 13.6 Å². The Hall–Kier alpha value is -3.71. The van der Waals surface area contributed by atoms with Crippen LogP contribution in [-0.4, -0.2) is 60.8 Å². The minimum Gasteiger partial charge on any atom is -0.382 e. The minimum absolute atomic E-state index is 0.0734. The van der Waals surface area contributed by atoms with Crippen LogP contribution in [0.15, 0.2) is 49.2 Å². The molecule has 0 aliphatic carbocycles. The molecule has 4 heterocycles. The fourth-order valence-corrected chi connectivity index (χ4v) is 5.49. The molecule has 1 unspecified atom stereocenters. The van der Waals surface area contributed by atoms with Crippen LogP contribution < -0.4 is 21.7 Å². The Labute approximate surface area is 238 Å². The van der Waals surface area contributed by atoms with Gasteiger partial charge >= 0.3 is 0 Å². The number of carbonyl (C=O) groups excluding carboxylic acids is 1. The molecule has 0 spiro atoms. The highest BCUT2D eigenvalue weighted by Gasteiger charge is 2.35. The molecule has 1 aliphatic rings. The predicted octanol–water partition coefficient (Wildman–Crippen LogP) is 4.20. The van der Waals surface area contributed by atoms with Crippen molar-refractivity contribution in [3.63, 3.8) is 0 Å². The van der Waals surface area contributed by atoms with Crippen molar-refractivity contribution in [3.8, 4) is 11.3 Å². The summed E-state index contributed by atoms with van der Waals surface area (Å²) in [6.07, 6.45) is 3.61. The summed E-state index contributed by atoms with van der Waals surface area (Å²) in [5.74, 6) is 0.217. The highest BCUT2D eigenvalue weighted by atomic mass is 79.9. The number of alkyl halides is 3. The Balaban J connectivity index is 1.49. The maximum atomic E-state index is 13.3. The number of halogens is 3. The van der Waals surface area contributed by atoms with Crippen molar-refractivity contribution in [2.45, 2.75) is 44.2 Å². The number of carbonyl (C=O) groups is 1. The first-order valence-corrected chi connectivity index (χ1v) is 14.1. The highest BCUT2D eigenvalue weighted by molar-refractivity contribution is 9.09. The van der Waals surface area contributed by atoms with Gasteiger partial charge in [0.1, 0.15) is 11.8 Å². The van der Waals surface area contributed by atoms with Gasteiger partial charge in [-0.3, -0.25) is 9.78 Å². The summed E-state index contributed by atoms with van der Waals surface area (Å²) >= 11 is 3.27. The molecule has 1 aliphatic heterocycles. The lowest BCUT2D eigenvalue weighted by Crippen LogP contribution is -2.55. The van der Waals surface area contributed by atoms with Gasteiger partial charge in [0.05, 0.1) is 30.5 Å². The molecular formula is C27H30BrF2N9O. The second kappa shape index (κ2) is 11.8. The second-order valence-corrected chi connectivity index (χ2v) is 10.8. The molecule has 210 valence electrons. The highest BCUT2D eigenvalue weighted by Crippen LogP contribution is 2.33.